The molecule has 63 heavy (non-hydrogen) atoms. The molecule has 5 fully saturated rings. The van der Waals surface area contributed by atoms with Crippen LogP contribution in [-0.2, 0) is 30.2 Å². The van der Waals surface area contributed by atoms with Crippen molar-refractivity contribution in [3.8, 4) is 17.2 Å². The highest BCUT2D eigenvalue weighted by Crippen LogP contribution is 2.73. The number of hydrogen-bond acceptors (Lipinski definition) is 14. The number of nitrogens with zero attached hydrogens (tertiary/aromatic N) is 3. The van der Waals surface area contributed by atoms with Crippen molar-refractivity contribution in [3.63, 3.8) is 0 Å². The number of carbonyl (C=O) groups excluding carboxylic acids is 2. The van der Waals surface area contributed by atoms with E-state index in [0.29, 0.717) is 64.7 Å². The lowest BCUT2D eigenvalue weighted by molar-refractivity contribution is -0.277. The largest absolute Gasteiger partial charge is 0.482 e. The molecule has 0 radical (unpaired) electrons. The minimum absolute atomic E-state index is 0.0238. The van der Waals surface area contributed by atoms with Crippen molar-refractivity contribution in [2.24, 2.45) is 22.7 Å². The molecule has 8 aliphatic rings. The fourth-order valence-corrected chi connectivity index (χ4v) is 11.5. The van der Waals surface area contributed by atoms with E-state index in [1.54, 1.807) is 19.2 Å². The zero-order valence-corrected chi connectivity index (χ0v) is 37.4. The average Bonchev–Trinajstić information content (AvgIpc) is 3.77. The highest BCUT2D eigenvalue weighted by Gasteiger charge is 2.85. The summed E-state index contributed by atoms with van der Waals surface area (Å²) in [5, 5.41) is 43.4. The fourth-order valence-electron chi connectivity index (χ4n) is 11.5. The number of Topliss-reactive ketones (excluding diaryl/α,β-unsaturated/α-hetero) is 1. The van der Waals surface area contributed by atoms with Crippen LogP contribution in [0.5, 0.6) is 17.2 Å². The Labute approximate surface area is 367 Å². The van der Waals surface area contributed by atoms with E-state index >= 15 is 4.79 Å². The van der Waals surface area contributed by atoms with Crippen molar-refractivity contribution in [2.75, 3.05) is 13.7 Å². The van der Waals surface area contributed by atoms with Crippen LogP contribution in [-0.4, -0.2) is 114 Å². The Hall–Kier alpha value is -4.64. The Bertz CT molecular complexity index is 2400. The maximum atomic E-state index is 15.5. The van der Waals surface area contributed by atoms with E-state index < -0.39 is 83.6 Å². The molecule has 3 aliphatic carbocycles. The normalized spacial score (nSPS) is 36.1. The number of carbonyl (C=O) groups is 2. The van der Waals surface area contributed by atoms with Crippen LogP contribution in [0.2, 0.25) is 0 Å². The Morgan fingerprint density at radius 3 is 2.44 bits per heavy atom. The van der Waals surface area contributed by atoms with Gasteiger partial charge in [-0.3, -0.25) is 4.79 Å². The van der Waals surface area contributed by atoms with E-state index in [9.17, 15) is 25.2 Å². The van der Waals surface area contributed by atoms with Crippen LogP contribution < -0.4 is 14.2 Å². The summed E-state index contributed by atoms with van der Waals surface area (Å²) in [5.41, 5.74) is 0.0633. The topological polar surface area (TPSA) is 201 Å². The Balaban J connectivity index is 1.35. The third-order valence-electron chi connectivity index (χ3n) is 14.5. The van der Waals surface area contributed by atoms with E-state index in [1.165, 1.54) is 12.7 Å². The molecule has 1 spiro atoms. The molecule has 4 bridgehead atoms. The summed E-state index contributed by atoms with van der Waals surface area (Å²) < 4.78 is 42.0. The summed E-state index contributed by atoms with van der Waals surface area (Å²) in [5.74, 6) is -0.814. The Morgan fingerprint density at radius 1 is 1.00 bits per heavy atom. The molecule has 4 N–H and O–H groups in total. The SMILES string of the molecule is COC(=O)C(C)=CCC12OC(C)(C)C3CC(C1=O)C1C4C(=Nc5nccn51)c1c(O[C@@H]5O[C@H](CO)[C@@H](O)[C@H](O)[C@H]5O)c5c(c(CC=C(C)C)c1OC432)OC(C)(CCC=C(C)C)C=C5. The van der Waals surface area contributed by atoms with Crippen molar-refractivity contribution < 1.29 is 58.4 Å². The first-order valence-corrected chi connectivity index (χ1v) is 22.0. The van der Waals surface area contributed by atoms with Gasteiger partial charge in [0.15, 0.2) is 17.0 Å². The van der Waals surface area contributed by atoms with Crippen molar-refractivity contribution >= 4 is 29.5 Å². The number of hydrogen-bond donors (Lipinski definition) is 4. The summed E-state index contributed by atoms with van der Waals surface area (Å²) in [6, 6.07) is -0.495. The standard InChI is InChI=1S/C48H59N3O12/c1-23(2)11-10-16-46(8)17-15-27-38(61-46)26(13-12-24(3)4)40-31(39(27)60-43-37(55)36(54)35(53)29(22-52)59-43)33-32-34(51-20-19-49-44(51)50-33)28-21-30-45(6,7)63-47(41(28)56,48(30,32)62-40)18-14-25(5)42(57)58-9/h11-12,14-15,17,19-20,28-30,32,34-37,43,52-55H,10,13,16,18,21-22H2,1-9H3/t28?,29-,30?,32?,34?,35-,36+,37-,43+,46?,47?,48?/m1/s1. The quantitative estimate of drug-likeness (QED) is 0.131. The van der Waals surface area contributed by atoms with Crippen molar-refractivity contribution in [1.82, 2.24) is 9.55 Å². The number of benzene rings is 1. The molecule has 2 saturated heterocycles. The molecule has 15 nitrogen and oxygen atoms in total. The molecule has 10 rings (SSSR count). The van der Waals surface area contributed by atoms with Crippen LogP contribution >= 0.6 is 0 Å². The molecule has 338 valence electrons. The summed E-state index contributed by atoms with van der Waals surface area (Å²) in [6.07, 6.45) is 7.69. The molecule has 3 saturated carbocycles. The molecular weight excluding hydrogens is 811 g/mol. The molecule has 1 aromatic carbocycles. The third-order valence-corrected chi connectivity index (χ3v) is 14.5. The number of ketones is 1. The van der Waals surface area contributed by atoms with E-state index in [-0.39, 0.29) is 23.9 Å². The number of aliphatic hydroxyl groups is 4. The van der Waals surface area contributed by atoms with Crippen LogP contribution in [0.3, 0.4) is 0 Å². The summed E-state index contributed by atoms with van der Waals surface area (Å²) in [7, 11) is 1.32. The van der Waals surface area contributed by atoms with E-state index in [1.807, 2.05) is 57.5 Å². The molecule has 1 aromatic heterocycles. The Kier molecular flexibility index (Phi) is 10.5. The molecule has 7 unspecified atom stereocenters. The molecule has 12 atom stereocenters. The number of esters is 1. The number of rotatable bonds is 11. The van der Waals surface area contributed by atoms with Gasteiger partial charge in [0.05, 0.1) is 48.1 Å². The van der Waals surface area contributed by atoms with Crippen LogP contribution in [0, 0.1) is 17.8 Å². The van der Waals surface area contributed by atoms with Gasteiger partial charge in [-0.05, 0) is 93.2 Å². The second-order valence-corrected chi connectivity index (χ2v) is 19.5. The first kappa shape index (κ1) is 43.6. The van der Waals surface area contributed by atoms with E-state index in [4.69, 9.17) is 33.4 Å². The minimum Gasteiger partial charge on any atom is -0.482 e. The van der Waals surface area contributed by atoms with Gasteiger partial charge in [0, 0.05) is 41.8 Å². The highest BCUT2D eigenvalue weighted by atomic mass is 16.7. The van der Waals surface area contributed by atoms with E-state index in [0.717, 1.165) is 12.0 Å². The molecular formula is C48H59N3O12. The number of ether oxygens (including phenoxy) is 6. The first-order chi connectivity index (χ1) is 29.8. The molecule has 6 heterocycles. The second-order valence-electron chi connectivity index (χ2n) is 19.5. The van der Waals surface area contributed by atoms with Gasteiger partial charge < -0.3 is 53.4 Å². The van der Waals surface area contributed by atoms with Gasteiger partial charge in [0.25, 0.3) is 0 Å². The van der Waals surface area contributed by atoms with Crippen LogP contribution in [0.15, 0.2) is 58.4 Å². The second kappa shape index (κ2) is 15.2. The molecule has 5 aliphatic heterocycles. The Morgan fingerprint density at radius 2 is 1.75 bits per heavy atom. The number of aromatic nitrogens is 2. The first-order valence-electron chi connectivity index (χ1n) is 22.0. The van der Waals surface area contributed by atoms with Crippen molar-refractivity contribution in [2.45, 2.75) is 147 Å². The van der Waals surface area contributed by atoms with Crippen LogP contribution in [0.1, 0.15) is 104 Å². The van der Waals surface area contributed by atoms with Gasteiger partial charge in [-0.15, -0.1) is 0 Å². The number of allylic oxidation sites excluding steroid dienone is 4. The predicted octanol–water partition coefficient (Wildman–Crippen LogP) is 5.18. The number of imidazole rings is 1. The van der Waals surface area contributed by atoms with Gasteiger partial charge in [0.2, 0.25) is 12.2 Å². The van der Waals surface area contributed by atoms with Crippen molar-refractivity contribution in [3.05, 3.63) is 70.1 Å². The minimum atomic E-state index is -1.74. The van der Waals surface area contributed by atoms with Crippen LogP contribution in [0.4, 0.5) is 5.95 Å². The molecule has 2 aromatic rings. The fraction of sp³-hybridized carbons (Fsp3) is 0.583. The van der Waals surface area contributed by atoms with Gasteiger partial charge >= 0.3 is 5.97 Å². The average molecular weight is 870 g/mol. The number of fused-ring (bicyclic) bond motifs is 4. The lowest BCUT2D eigenvalue weighted by Crippen LogP contribution is -2.79. The summed E-state index contributed by atoms with van der Waals surface area (Å²) >= 11 is 0. The highest BCUT2D eigenvalue weighted by molar-refractivity contribution is 6.14. The van der Waals surface area contributed by atoms with Gasteiger partial charge in [-0.25, -0.2) is 14.8 Å². The lowest BCUT2D eigenvalue weighted by Gasteiger charge is -2.64. The van der Waals surface area contributed by atoms with Gasteiger partial charge in [-0.1, -0.05) is 29.4 Å². The smallest absolute Gasteiger partial charge is 0.333 e. The zero-order chi connectivity index (χ0) is 45.1. The maximum Gasteiger partial charge on any atom is 0.333 e. The summed E-state index contributed by atoms with van der Waals surface area (Å²) in [4.78, 5) is 38.4. The molecule has 0 amide bonds. The van der Waals surface area contributed by atoms with Gasteiger partial charge in [-0.2, -0.15) is 0 Å². The number of methoxy groups -OCH3 is 1. The zero-order valence-electron chi connectivity index (χ0n) is 37.4. The van der Waals surface area contributed by atoms with Crippen LogP contribution in [0.25, 0.3) is 6.08 Å². The lowest BCUT2D eigenvalue weighted by atomic mass is 9.44. The van der Waals surface area contributed by atoms with E-state index in [2.05, 4.69) is 31.0 Å². The summed E-state index contributed by atoms with van der Waals surface area (Å²) in [6.45, 7) is 15.1. The number of aliphatic imine (C=N–C) groups is 1. The predicted molar refractivity (Wildman–Crippen MR) is 230 cm³/mol. The third kappa shape index (κ3) is 6.35. The molecule has 15 heteroatoms. The van der Waals surface area contributed by atoms with Crippen molar-refractivity contribution in [1.29, 1.82) is 0 Å². The van der Waals surface area contributed by atoms with Gasteiger partial charge in [0.1, 0.15) is 47.3 Å². The number of aliphatic hydroxyl groups excluding tert-OH is 4. The maximum absolute atomic E-state index is 15.5. The monoisotopic (exact) mass is 869 g/mol.